The predicted octanol–water partition coefficient (Wildman–Crippen LogP) is 3.43. The second-order valence-corrected chi connectivity index (χ2v) is 5.88. The van der Waals surface area contributed by atoms with Gasteiger partial charge in [-0.15, -0.1) is 0 Å². The Kier molecular flexibility index (Phi) is 4.84. The summed E-state index contributed by atoms with van der Waals surface area (Å²) in [6, 6.07) is 17.1. The van der Waals surface area contributed by atoms with E-state index in [0.29, 0.717) is 12.1 Å². The number of para-hydroxylation sites is 1. The SMILES string of the molecule is COc1ccccc1CNC(=O)c1ccc(-n2nc(C)cc2C)cc1. The second kappa shape index (κ2) is 7.21. The molecule has 0 aliphatic carbocycles. The number of methoxy groups -OCH3 is 1. The lowest BCUT2D eigenvalue weighted by Gasteiger charge is -2.10. The number of hydrogen-bond donors (Lipinski definition) is 1. The maximum atomic E-state index is 12.4. The van der Waals surface area contributed by atoms with Crippen molar-refractivity contribution in [2.45, 2.75) is 20.4 Å². The standard InChI is InChI=1S/C20H21N3O2/c1-14-12-15(2)23(22-14)18-10-8-16(9-11-18)20(24)21-13-17-6-4-5-7-19(17)25-3/h4-12H,13H2,1-3H3,(H,21,24). The maximum Gasteiger partial charge on any atom is 0.251 e. The lowest BCUT2D eigenvalue weighted by molar-refractivity contribution is 0.0950. The van der Waals surface area contributed by atoms with Crippen LogP contribution >= 0.6 is 0 Å². The molecule has 1 amide bonds. The number of rotatable bonds is 5. The van der Waals surface area contributed by atoms with E-state index in [-0.39, 0.29) is 5.91 Å². The number of benzene rings is 2. The molecule has 0 radical (unpaired) electrons. The molecule has 0 fully saturated rings. The van der Waals surface area contributed by atoms with Crippen LogP contribution in [0.3, 0.4) is 0 Å². The van der Waals surface area contributed by atoms with Gasteiger partial charge < -0.3 is 10.1 Å². The molecule has 0 saturated carbocycles. The normalized spacial score (nSPS) is 10.5. The number of aromatic nitrogens is 2. The largest absolute Gasteiger partial charge is 0.496 e. The Balaban J connectivity index is 1.70. The zero-order valence-corrected chi connectivity index (χ0v) is 14.6. The van der Waals surface area contributed by atoms with Gasteiger partial charge in [-0.1, -0.05) is 18.2 Å². The summed E-state index contributed by atoms with van der Waals surface area (Å²) in [5, 5.41) is 7.38. The number of aryl methyl sites for hydroxylation is 2. The van der Waals surface area contributed by atoms with E-state index in [1.807, 2.05) is 73.1 Å². The molecule has 0 spiro atoms. The van der Waals surface area contributed by atoms with Crippen LogP contribution < -0.4 is 10.1 Å². The zero-order chi connectivity index (χ0) is 17.8. The highest BCUT2D eigenvalue weighted by molar-refractivity contribution is 5.94. The Morgan fingerprint density at radius 2 is 1.84 bits per heavy atom. The highest BCUT2D eigenvalue weighted by Gasteiger charge is 2.09. The number of ether oxygens (including phenoxy) is 1. The monoisotopic (exact) mass is 335 g/mol. The predicted molar refractivity (Wildman–Crippen MR) is 97.2 cm³/mol. The summed E-state index contributed by atoms with van der Waals surface area (Å²) < 4.78 is 7.17. The Labute approximate surface area is 147 Å². The molecule has 2 aromatic carbocycles. The van der Waals surface area contributed by atoms with Crippen molar-refractivity contribution >= 4 is 5.91 Å². The summed E-state index contributed by atoms with van der Waals surface area (Å²) in [4.78, 5) is 12.4. The third-order valence-electron chi connectivity index (χ3n) is 4.02. The van der Waals surface area contributed by atoms with Crippen LogP contribution in [0.1, 0.15) is 27.3 Å². The number of nitrogens with zero attached hydrogens (tertiary/aromatic N) is 2. The molecule has 3 rings (SSSR count). The van der Waals surface area contributed by atoms with Gasteiger partial charge in [0.1, 0.15) is 5.75 Å². The third-order valence-corrected chi connectivity index (χ3v) is 4.02. The maximum absolute atomic E-state index is 12.4. The summed E-state index contributed by atoms with van der Waals surface area (Å²) in [6.45, 7) is 4.39. The van der Waals surface area contributed by atoms with Crippen molar-refractivity contribution in [3.8, 4) is 11.4 Å². The minimum atomic E-state index is -0.120. The molecule has 25 heavy (non-hydrogen) atoms. The van der Waals surface area contributed by atoms with Crippen LogP contribution in [0.2, 0.25) is 0 Å². The van der Waals surface area contributed by atoms with E-state index in [2.05, 4.69) is 10.4 Å². The van der Waals surface area contributed by atoms with Crippen molar-refractivity contribution in [3.05, 3.63) is 77.1 Å². The number of nitrogens with one attached hydrogen (secondary N) is 1. The van der Waals surface area contributed by atoms with E-state index in [1.165, 1.54) is 0 Å². The summed E-state index contributed by atoms with van der Waals surface area (Å²) in [5.74, 6) is 0.647. The van der Waals surface area contributed by atoms with Gasteiger partial charge in [0.2, 0.25) is 0 Å². The molecule has 0 atom stereocenters. The molecule has 0 aliphatic rings. The third kappa shape index (κ3) is 3.71. The molecule has 128 valence electrons. The average molecular weight is 335 g/mol. The first-order valence-electron chi connectivity index (χ1n) is 8.12. The Morgan fingerprint density at radius 1 is 1.12 bits per heavy atom. The number of carbonyl (C=O) groups excluding carboxylic acids is 1. The first kappa shape index (κ1) is 16.8. The number of carbonyl (C=O) groups is 1. The highest BCUT2D eigenvalue weighted by atomic mass is 16.5. The lowest BCUT2D eigenvalue weighted by atomic mass is 10.1. The topological polar surface area (TPSA) is 56.1 Å². The lowest BCUT2D eigenvalue weighted by Crippen LogP contribution is -2.23. The smallest absolute Gasteiger partial charge is 0.251 e. The number of hydrogen-bond acceptors (Lipinski definition) is 3. The first-order valence-corrected chi connectivity index (χ1v) is 8.12. The molecule has 5 nitrogen and oxygen atoms in total. The van der Waals surface area contributed by atoms with Crippen LogP contribution in [0.4, 0.5) is 0 Å². The van der Waals surface area contributed by atoms with E-state index < -0.39 is 0 Å². The molecule has 1 N–H and O–H groups in total. The van der Waals surface area contributed by atoms with Gasteiger partial charge in [0.15, 0.2) is 0 Å². The molecule has 5 heteroatoms. The minimum Gasteiger partial charge on any atom is -0.496 e. The molecule has 0 bridgehead atoms. The Hall–Kier alpha value is -3.08. The fourth-order valence-electron chi connectivity index (χ4n) is 2.77. The molecule has 0 aliphatic heterocycles. The van der Waals surface area contributed by atoms with Crippen LogP contribution in [0, 0.1) is 13.8 Å². The molecule has 3 aromatic rings. The van der Waals surface area contributed by atoms with Gasteiger partial charge in [-0.3, -0.25) is 4.79 Å². The van der Waals surface area contributed by atoms with E-state index in [0.717, 1.165) is 28.4 Å². The molecule has 0 saturated heterocycles. The van der Waals surface area contributed by atoms with E-state index in [4.69, 9.17) is 4.74 Å². The second-order valence-electron chi connectivity index (χ2n) is 5.88. The fraction of sp³-hybridized carbons (Fsp3) is 0.200. The molecular formula is C20H21N3O2. The van der Waals surface area contributed by atoms with Crippen molar-refractivity contribution < 1.29 is 9.53 Å². The molecular weight excluding hydrogens is 314 g/mol. The first-order chi connectivity index (χ1) is 12.1. The summed E-state index contributed by atoms with van der Waals surface area (Å²) in [5.41, 5.74) is 4.52. The van der Waals surface area contributed by atoms with Gasteiger partial charge in [-0.2, -0.15) is 5.10 Å². The van der Waals surface area contributed by atoms with E-state index in [1.54, 1.807) is 7.11 Å². The minimum absolute atomic E-state index is 0.120. The van der Waals surface area contributed by atoms with Crippen LogP contribution in [0.5, 0.6) is 5.75 Å². The van der Waals surface area contributed by atoms with Crippen LogP contribution in [-0.4, -0.2) is 22.8 Å². The van der Waals surface area contributed by atoms with Crippen molar-refractivity contribution in [2.24, 2.45) is 0 Å². The van der Waals surface area contributed by atoms with Gasteiger partial charge in [0, 0.05) is 23.4 Å². The van der Waals surface area contributed by atoms with Crippen LogP contribution in [-0.2, 0) is 6.54 Å². The van der Waals surface area contributed by atoms with Crippen molar-refractivity contribution in [1.29, 1.82) is 0 Å². The van der Waals surface area contributed by atoms with Gasteiger partial charge in [-0.05, 0) is 50.2 Å². The summed E-state index contributed by atoms with van der Waals surface area (Å²) in [7, 11) is 1.62. The van der Waals surface area contributed by atoms with Gasteiger partial charge >= 0.3 is 0 Å². The fourth-order valence-corrected chi connectivity index (χ4v) is 2.77. The van der Waals surface area contributed by atoms with E-state index in [9.17, 15) is 4.79 Å². The summed E-state index contributed by atoms with van der Waals surface area (Å²) >= 11 is 0. The Bertz CT molecular complexity index is 882. The molecule has 0 unspecified atom stereocenters. The summed E-state index contributed by atoms with van der Waals surface area (Å²) in [6.07, 6.45) is 0. The highest BCUT2D eigenvalue weighted by Crippen LogP contribution is 2.17. The molecule has 1 aromatic heterocycles. The van der Waals surface area contributed by atoms with E-state index >= 15 is 0 Å². The zero-order valence-electron chi connectivity index (χ0n) is 14.6. The number of amides is 1. The van der Waals surface area contributed by atoms with Crippen LogP contribution in [0.25, 0.3) is 5.69 Å². The van der Waals surface area contributed by atoms with Crippen LogP contribution in [0.15, 0.2) is 54.6 Å². The van der Waals surface area contributed by atoms with Crippen molar-refractivity contribution in [2.75, 3.05) is 7.11 Å². The van der Waals surface area contributed by atoms with Crippen molar-refractivity contribution in [1.82, 2.24) is 15.1 Å². The van der Waals surface area contributed by atoms with Crippen molar-refractivity contribution in [3.63, 3.8) is 0 Å². The quantitative estimate of drug-likeness (QED) is 0.777. The molecule has 1 heterocycles. The Morgan fingerprint density at radius 3 is 2.48 bits per heavy atom. The van der Waals surface area contributed by atoms with Gasteiger partial charge in [0.05, 0.1) is 18.5 Å². The average Bonchev–Trinajstić information content (AvgIpc) is 2.98. The van der Waals surface area contributed by atoms with Gasteiger partial charge in [-0.25, -0.2) is 4.68 Å². The van der Waals surface area contributed by atoms with Gasteiger partial charge in [0.25, 0.3) is 5.91 Å².